The van der Waals surface area contributed by atoms with Crippen molar-refractivity contribution < 1.29 is 9.53 Å². The molecule has 74 valence electrons. The van der Waals surface area contributed by atoms with Gasteiger partial charge in [-0.25, -0.2) is 0 Å². The van der Waals surface area contributed by atoms with Gasteiger partial charge < -0.3 is 4.74 Å². The van der Waals surface area contributed by atoms with E-state index in [2.05, 4.69) is 6.58 Å². The van der Waals surface area contributed by atoms with Crippen LogP contribution < -0.4 is 0 Å². The van der Waals surface area contributed by atoms with E-state index in [0.29, 0.717) is 24.7 Å². The van der Waals surface area contributed by atoms with Gasteiger partial charge in [0.25, 0.3) is 0 Å². The predicted molar refractivity (Wildman–Crippen MR) is 52.3 cm³/mol. The average molecular weight is 182 g/mol. The van der Waals surface area contributed by atoms with Crippen LogP contribution in [0.2, 0.25) is 0 Å². The zero-order chi connectivity index (χ0) is 10.1. The molecule has 1 fully saturated rings. The molecule has 1 saturated heterocycles. The maximum Gasteiger partial charge on any atom is 0.138 e. The first kappa shape index (κ1) is 10.3. The summed E-state index contributed by atoms with van der Waals surface area (Å²) in [6.45, 7) is 10.3. The van der Waals surface area contributed by atoms with Gasteiger partial charge >= 0.3 is 0 Å². The molecule has 0 aliphatic carbocycles. The molecule has 0 spiro atoms. The van der Waals surface area contributed by atoms with Gasteiger partial charge in [-0.1, -0.05) is 27.4 Å². The van der Waals surface area contributed by atoms with Gasteiger partial charge in [-0.15, -0.1) is 0 Å². The normalized spacial score (nSPS) is 23.0. The molecule has 0 aromatic carbocycles. The Morgan fingerprint density at radius 3 is 2.62 bits per heavy atom. The molecule has 2 nitrogen and oxygen atoms in total. The lowest BCUT2D eigenvalue weighted by molar-refractivity contribution is -0.127. The Kier molecular flexibility index (Phi) is 2.79. The third-order valence-electron chi connectivity index (χ3n) is 2.35. The van der Waals surface area contributed by atoms with Crippen molar-refractivity contribution in [1.29, 1.82) is 0 Å². The molecular formula is C11H18O2. The Morgan fingerprint density at radius 2 is 2.23 bits per heavy atom. The molecule has 2 heteroatoms. The standard InChI is InChI=1S/C11H18O2/c1-8-5-9(7-13-8)6-10(12)11(2,3)4/h9H,1,5-7H2,2-4H3/t9-/m1/s1. The lowest BCUT2D eigenvalue weighted by Crippen LogP contribution is -2.23. The largest absolute Gasteiger partial charge is 0.498 e. The van der Waals surface area contributed by atoms with Crippen LogP contribution >= 0.6 is 0 Å². The highest BCUT2D eigenvalue weighted by Crippen LogP contribution is 2.28. The zero-order valence-corrected chi connectivity index (χ0v) is 8.72. The molecule has 0 bridgehead atoms. The lowest BCUT2D eigenvalue weighted by Gasteiger charge is -2.18. The third-order valence-corrected chi connectivity index (χ3v) is 2.35. The SMILES string of the molecule is C=C1C[C@H](CC(=O)C(C)(C)C)CO1. The number of ether oxygens (including phenoxy) is 1. The molecule has 0 amide bonds. The van der Waals surface area contributed by atoms with Gasteiger partial charge in [0.05, 0.1) is 12.4 Å². The fourth-order valence-electron chi connectivity index (χ4n) is 1.37. The van der Waals surface area contributed by atoms with Gasteiger partial charge in [0, 0.05) is 24.2 Å². The van der Waals surface area contributed by atoms with Crippen LogP contribution in [0.4, 0.5) is 0 Å². The van der Waals surface area contributed by atoms with Crippen molar-refractivity contribution in [2.75, 3.05) is 6.61 Å². The van der Waals surface area contributed by atoms with Gasteiger partial charge in [-0.3, -0.25) is 4.79 Å². The number of hydrogen-bond acceptors (Lipinski definition) is 2. The summed E-state index contributed by atoms with van der Waals surface area (Å²) < 4.78 is 5.23. The highest BCUT2D eigenvalue weighted by molar-refractivity contribution is 5.83. The molecule has 0 unspecified atom stereocenters. The summed E-state index contributed by atoms with van der Waals surface area (Å²) in [5.74, 6) is 1.50. The molecule has 0 aromatic heterocycles. The van der Waals surface area contributed by atoms with Crippen LogP contribution in [0.3, 0.4) is 0 Å². The van der Waals surface area contributed by atoms with E-state index in [1.807, 2.05) is 20.8 Å². The molecule has 1 heterocycles. The van der Waals surface area contributed by atoms with Crippen molar-refractivity contribution in [3.8, 4) is 0 Å². The average Bonchev–Trinajstić information content (AvgIpc) is 2.33. The molecule has 0 N–H and O–H groups in total. The van der Waals surface area contributed by atoms with Gasteiger partial charge in [0.1, 0.15) is 5.78 Å². The second-order valence-electron chi connectivity index (χ2n) is 4.80. The van der Waals surface area contributed by atoms with Crippen LogP contribution in [0, 0.1) is 11.3 Å². The van der Waals surface area contributed by atoms with Crippen LogP contribution in [0.1, 0.15) is 33.6 Å². The van der Waals surface area contributed by atoms with E-state index in [-0.39, 0.29) is 5.41 Å². The molecule has 0 aromatic rings. The Labute approximate surface area is 80.0 Å². The maximum absolute atomic E-state index is 11.6. The fraction of sp³-hybridized carbons (Fsp3) is 0.727. The Morgan fingerprint density at radius 1 is 1.62 bits per heavy atom. The van der Waals surface area contributed by atoms with E-state index < -0.39 is 0 Å². The third kappa shape index (κ3) is 2.87. The summed E-state index contributed by atoms with van der Waals surface area (Å²) in [5, 5.41) is 0. The predicted octanol–water partition coefficient (Wildman–Crippen LogP) is 2.54. The highest BCUT2D eigenvalue weighted by atomic mass is 16.5. The Bertz CT molecular complexity index is 223. The lowest BCUT2D eigenvalue weighted by atomic mass is 9.85. The summed E-state index contributed by atoms with van der Waals surface area (Å²) in [7, 11) is 0. The molecule has 13 heavy (non-hydrogen) atoms. The topological polar surface area (TPSA) is 26.3 Å². The van der Waals surface area contributed by atoms with Crippen LogP contribution in [0.25, 0.3) is 0 Å². The van der Waals surface area contributed by atoms with Crippen LogP contribution in [0.5, 0.6) is 0 Å². The molecule has 1 aliphatic rings. The number of rotatable bonds is 2. The minimum absolute atomic E-state index is 0.218. The van der Waals surface area contributed by atoms with Crippen molar-refractivity contribution in [2.45, 2.75) is 33.6 Å². The second-order valence-corrected chi connectivity index (χ2v) is 4.80. The first-order valence-electron chi connectivity index (χ1n) is 4.73. The first-order chi connectivity index (χ1) is 5.89. The van der Waals surface area contributed by atoms with E-state index in [4.69, 9.17) is 4.74 Å². The number of Topliss-reactive ketones (excluding diaryl/α,β-unsaturated/α-hetero) is 1. The summed E-state index contributed by atoms with van der Waals surface area (Å²) in [6, 6.07) is 0. The monoisotopic (exact) mass is 182 g/mol. The number of ketones is 1. The van der Waals surface area contributed by atoms with Gasteiger partial charge in [0.2, 0.25) is 0 Å². The van der Waals surface area contributed by atoms with Crippen molar-refractivity contribution in [2.24, 2.45) is 11.3 Å². The minimum Gasteiger partial charge on any atom is -0.498 e. The first-order valence-corrected chi connectivity index (χ1v) is 4.73. The van der Waals surface area contributed by atoms with E-state index >= 15 is 0 Å². The fourth-order valence-corrected chi connectivity index (χ4v) is 1.37. The Hall–Kier alpha value is -0.790. The molecule has 0 saturated carbocycles. The van der Waals surface area contributed by atoms with Crippen molar-refractivity contribution in [1.82, 2.24) is 0 Å². The van der Waals surface area contributed by atoms with Crippen molar-refractivity contribution in [3.05, 3.63) is 12.3 Å². The van der Waals surface area contributed by atoms with Crippen molar-refractivity contribution >= 4 is 5.78 Å². The van der Waals surface area contributed by atoms with E-state index in [0.717, 1.165) is 12.2 Å². The summed E-state index contributed by atoms with van der Waals surface area (Å²) >= 11 is 0. The van der Waals surface area contributed by atoms with Crippen LogP contribution in [0.15, 0.2) is 12.3 Å². The van der Waals surface area contributed by atoms with E-state index in [1.165, 1.54) is 0 Å². The summed E-state index contributed by atoms with van der Waals surface area (Å²) in [4.78, 5) is 11.6. The Balaban J connectivity index is 2.42. The summed E-state index contributed by atoms with van der Waals surface area (Å²) in [5.41, 5.74) is -0.218. The van der Waals surface area contributed by atoms with Crippen LogP contribution in [-0.4, -0.2) is 12.4 Å². The maximum atomic E-state index is 11.6. The van der Waals surface area contributed by atoms with E-state index in [1.54, 1.807) is 0 Å². The van der Waals surface area contributed by atoms with Gasteiger partial charge in [-0.05, 0) is 0 Å². The highest BCUT2D eigenvalue weighted by Gasteiger charge is 2.28. The number of carbonyl (C=O) groups is 1. The van der Waals surface area contributed by atoms with Gasteiger partial charge in [0.15, 0.2) is 0 Å². The summed E-state index contributed by atoms with van der Waals surface area (Å²) in [6.07, 6.45) is 1.48. The zero-order valence-electron chi connectivity index (χ0n) is 8.72. The quantitative estimate of drug-likeness (QED) is 0.656. The number of carbonyl (C=O) groups excluding carboxylic acids is 1. The smallest absolute Gasteiger partial charge is 0.138 e. The van der Waals surface area contributed by atoms with Crippen LogP contribution in [-0.2, 0) is 9.53 Å². The minimum atomic E-state index is -0.218. The molecule has 1 aliphatic heterocycles. The number of allylic oxidation sites excluding steroid dienone is 1. The molecule has 1 atom stereocenters. The molecule has 0 radical (unpaired) electrons. The molecular weight excluding hydrogens is 164 g/mol. The van der Waals surface area contributed by atoms with Crippen molar-refractivity contribution in [3.63, 3.8) is 0 Å². The molecule has 1 rings (SSSR count). The van der Waals surface area contributed by atoms with Gasteiger partial charge in [-0.2, -0.15) is 0 Å². The number of hydrogen-bond donors (Lipinski definition) is 0. The van der Waals surface area contributed by atoms with E-state index in [9.17, 15) is 4.79 Å². The second kappa shape index (κ2) is 3.52.